The molecule has 1 amide bonds. The number of benzene rings is 1. The number of aryl methyl sites for hydroxylation is 1. The van der Waals surface area contributed by atoms with Gasteiger partial charge in [-0.25, -0.2) is 27.9 Å². The van der Waals surface area contributed by atoms with Gasteiger partial charge in [0, 0.05) is 30.4 Å². The highest BCUT2D eigenvalue weighted by Crippen LogP contribution is 2.33. The van der Waals surface area contributed by atoms with Crippen molar-refractivity contribution in [2.24, 2.45) is 0 Å². The number of carboxylic acid groups (broad SMARTS) is 1. The molecule has 10 heteroatoms. The number of nitrogens with zero attached hydrogens (tertiary/aromatic N) is 3. The van der Waals surface area contributed by atoms with Gasteiger partial charge in [0.2, 0.25) is 0 Å². The van der Waals surface area contributed by atoms with E-state index in [1.165, 1.54) is 0 Å². The summed E-state index contributed by atoms with van der Waals surface area (Å²) in [5.74, 6) is 1.30. The Morgan fingerprint density at radius 3 is 2.57 bits per heavy atom. The Morgan fingerprint density at radius 2 is 1.97 bits per heavy atom. The number of imidazole rings is 1. The maximum Gasteiger partial charge on any atom is 0.418 e. The molecule has 0 radical (unpaired) electrons. The lowest BCUT2D eigenvalue weighted by Gasteiger charge is -2.11. The van der Waals surface area contributed by atoms with E-state index in [2.05, 4.69) is 28.4 Å². The van der Waals surface area contributed by atoms with E-state index in [4.69, 9.17) is 5.11 Å². The number of nitrogens with one attached hydrogen (secondary N) is 1. The molecule has 1 aromatic carbocycles. The predicted octanol–water partition coefficient (Wildman–Crippen LogP) is 4.09. The molecule has 0 fully saturated rings. The van der Waals surface area contributed by atoms with Crippen LogP contribution in [0.5, 0.6) is 0 Å². The lowest BCUT2D eigenvalue weighted by atomic mass is 10.1. The maximum atomic E-state index is 12.5. The van der Waals surface area contributed by atoms with Crippen LogP contribution in [0.15, 0.2) is 40.9 Å². The normalized spacial score (nSPS) is 11.7. The van der Waals surface area contributed by atoms with E-state index >= 15 is 0 Å². The molecule has 0 saturated heterocycles. The minimum Gasteiger partial charge on any atom is -0.464 e. The Morgan fingerprint density at radius 1 is 1.27 bits per heavy atom. The van der Waals surface area contributed by atoms with E-state index in [9.17, 15) is 13.2 Å². The molecule has 2 aromatic heterocycles. The van der Waals surface area contributed by atoms with Crippen LogP contribution >= 0.6 is 11.3 Å². The number of thiazole rings is 1. The summed E-state index contributed by atoms with van der Waals surface area (Å²) in [5, 5.41) is 9.54. The van der Waals surface area contributed by atoms with Crippen LogP contribution < -0.4 is 4.72 Å². The summed E-state index contributed by atoms with van der Waals surface area (Å²) in [6.07, 6.45) is 3.52. The third kappa shape index (κ3) is 4.88. The molecule has 0 saturated carbocycles. The first kappa shape index (κ1) is 22.0. The largest absolute Gasteiger partial charge is 0.464 e. The molecule has 3 aromatic rings. The third-order valence-electron chi connectivity index (χ3n) is 4.41. The fourth-order valence-corrected chi connectivity index (χ4v) is 5.63. The van der Waals surface area contributed by atoms with Gasteiger partial charge in [-0.1, -0.05) is 45.0 Å². The summed E-state index contributed by atoms with van der Waals surface area (Å²) < 4.78 is 28.6. The molecule has 0 atom stereocenters. The molecule has 0 aliphatic carbocycles. The van der Waals surface area contributed by atoms with E-state index in [1.54, 1.807) is 10.9 Å². The summed E-state index contributed by atoms with van der Waals surface area (Å²) in [6.45, 7) is 6.80. The van der Waals surface area contributed by atoms with E-state index in [0.29, 0.717) is 29.5 Å². The second-order valence-electron chi connectivity index (χ2n) is 7.17. The van der Waals surface area contributed by atoms with E-state index in [0.717, 1.165) is 29.1 Å². The number of rotatable bonds is 8. The first-order chi connectivity index (χ1) is 14.2. The monoisotopic (exact) mass is 448 g/mol. The van der Waals surface area contributed by atoms with E-state index in [-0.39, 0.29) is 9.90 Å². The molecule has 8 nitrogen and oxygen atoms in total. The van der Waals surface area contributed by atoms with Crippen molar-refractivity contribution in [1.29, 1.82) is 0 Å². The first-order valence-electron chi connectivity index (χ1n) is 9.57. The van der Waals surface area contributed by atoms with Crippen molar-refractivity contribution < 1.29 is 18.3 Å². The van der Waals surface area contributed by atoms with Crippen molar-refractivity contribution in [3.63, 3.8) is 0 Å². The molecule has 0 aliphatic heterocycles. The van der Waals surface area contributed by atoms with Crippen LogP contribution in [0.3, 0.4) is 0 Å². The second kappa shape index (κ2) is 8.97. The van der Waals surface area contributed by atoms with Gasteiger partial charge in [-0.3, -0.25) is 0 Å². The SMILES string of the molecule is CCCc1nc(-c2ccc(Cn3ccnc3C(C)C)cc2)c(S(=O)(=O)NC(=O)O)s1. The molecule has 0 spiro atoms. The average molecular weight is 449 g/mol. The van der Waals surface area contributed by atoms with Crippen molar-refractivity contribution in [3.05, 3.63) is 53.1 Å². The number of hydrogen-bond acceptors (Lipinski definition) is 6. The first-order valence-corrected chi connectivity index (χ1v) is 11.9. The molecule has 0 aliphatic rings. The van der Waals surface area contributed by atoms with Gasteiger partial charge in [0.15, 0.2) is 4.21 Å². The lowest BCUT2D eigenvalue weighted by molar-refractivity contribution is 0.201. The third-order valence-corrected chi connectivity index (χ3v) is 7.36. The minimum absolute atomic E-state index is 0.0854. The summed E-state index contributed by atoms with van der Waals surface area (Å²) in [4.78, 5) is 19.8. The average Bonchev–Trinajstić information content (AvgIpc) is 3.29. The topological polar surface area (TPSA) is 114 Å². The van der Waals surface area contributed by atoms with Crippen molar-refractivity contribution in [2.75, 3.05) is 0 Å². The van der Waals surface area contributed by atoms with Gasteiger partial charge in [-0.2, -0.15) is 0 Å². The summed E-state index contributed by atoms with van der Waals surface area (Å²) >= 11 is 1.00. The van der Waals surface area contributed by atoms with Crippen LogP contribution in [0, 0.1) is 0 Å². The molecule has 2 N–H and O–H groups in total. The van der Waals surface area contributed by atoms with Crippen molar-refractivity contribution in [3.8, 4) is 11.3 Å². The number of amides is 1. The van der Waals surface area contributed by atoms with Crippen LogP contribution in [0.25, 0.3) is 11.3 Å². The Hall–Kier alpha value is -2.72. The summed E-state index contributed by atoms with van der Waals surface area (Å²) in [6, 6.07) is 7.45. The van der Waals surface area contributed by atoms with Gasteiger partial charge < -0.3 is 9.67 Å². The van der Waals surface area contributed by atoms with Gasteiger partial charge in [0.25, 0.3) is 10.0 Å². The quantitative estimate of drug-likeness (QED) is 0.536. The molecule has 2 heterocycles. The predicted molar refractivity (Wildman–Crippen MR) is 115 cm³/mol. The van der Waals surface area contributed by atoms with Gasteiger partial charge in [0.05, 0.1) is 5.01 Å². The number of hydrogen-bond donors (Lipinski definition) is 2. The molecular formula is C20H24N4O4S2. The van der Waals surface area contributed by atoms with Crippen LogP contribution in [0.1, 0.15) is 49.5 Å². The van der Waals surface area contributed by atoms with Crippen molar-refractivity contribution in [2.45, 2.75) is 50.3 Å². The summed E-state index contributed by atoms with van der Waals surface area (Å²) in [5.41, 5.74) is 1.93. The maximum absolute atomic E-state index is 12.5. The van der Waals surface area contributed by atoms with Gasteiger partial charge in [-0.05, 0) is 18.4 Å². The minimum atomic E-state index is -4.21. The Labute approximate surface area is 179 Å². The standard InChI is InChI=1S/C20H24N4O4S2/c1-4-5-16-22-17(19(29-16)30(27,28)23-20(25)26)15-8-6-14(7-9-15)12-24-11-10-21-18(24)13(2)3/h6-11,13,23H,4-5,12H2,1-3H3,(H,25,26). The van der Waals surface area contributed by atoms with Gasteiger partial charge in [-0.15, -0.1) is 11.3 Å². The number of sulfonamides is 1. The van der Waals surface area contributed by atoms with Crippen molar-refractivity contribution in [1.82, 2.24) is 19.3 Å². The molecular weight excluding hydrogens is 424 g/mol. The smallest absolute Gasteiger partial charge is 0.418 e. The highest BCUT2D eigenvalue weighted by molar-refractivity contribution is 7.92. The van der Waals surface area contributed by atoms with Crippen LogP contribution in [0.4, 0.5) is 4.79 Å². The summed E-state index contributed by atoms with van der Waals surface area (Å²) in [7, 11) is -4.21. The van der Waals surface area contributed by atoms with Gasteiger partial charge >= 0.3 is 6.09 Å². The number of carbonyl (C=O) groups is 1. The Kier molecular flexibility index (Phi) is 6.57. The fourth-order valence-electron chi connectivity index (χ4n) is 3.11. The zero-order valence-electron chi connectivity index (χ0n) is 17.0. The van der Waals surface area contributed by atoms with Crippen molar-refractivity contribution >= 4 is 27.5 Å². The van der Waals surface area contributed by atoms with Crippen LogP contribution in [-0.4, -0.2) is 34.2 Å². The molecule has 0 bridgehead atoms. The molecule has 160 valence electrons. The zero-order valence-corrected chi connectivity index (χ0v) is 18.6. The Balaban J connectivity index is 1.93. The lowest BCUT2D eigenvalue weighted by Crippen LogP contribution is -2.28. The highest BCUT2D eigenvalue weighted by Gasteiger charge is 2.26. The number of aromatic nitrogens is 3. The molecule has 3 rings (SSSR count). The van der Waals surface area contributed by atoms with Crippen LogP contribution in [0.2, 0.25) is 0 Å². The Bertz CT molecular complexity index is 1130. The zero-order chi connectivity index (χ0) is 21.9. The second-order valence-corrected chi connectivity index (χ2v) is 10.1. The highest BCUT2D eigenvalue weighted by atomic mass is 32.2. The van der Waals surface area contributed by atoms with Gasteiger partial charge in [0.1, 0.15) is 11.5 Å². The van der Waals surface area contributed by atoms with E-state index in [1.807, 2.05) is 37.4 Å². The van der Waals surface area contributed by atoms with E-state index < -0.39 is 16.1 Å². The fraction of sp³-hybridized carbons (Fsp3) is 0.350. The van der Waals surface area contributed by atoms with Crippen LogP contribution in [-0.2, 0) is 23.0 Å². The molecule has 0 unspecified atom stereocenters. The molecule has 30 heavy (non-hydrogen) atoms.